The average molecular weight is 331 g/mol. The Hall–Kier alpha value is 0.720. The van der Waals surface area contributed by atoms with Gasteiger partial charge in [-0.3, -0.25) is 0 Å². The predicted octanol–water partition coefficient (Wildman–Crippen LogP) is 6.04. The van der Waals surface area contributed by atoms with Gasteiger partial charge >= 0.3 is 0 Å². The molecule has 6 heteroatoms. The van der Waals surface area contributed by atoms with E-state index >= 15 is 0 Å². The number of rotatable bonds is 4. The van der Waals surface area contributed by atoms with Crippen molar-refractivity contribution in [1.29, 1.82) is 0 Å². The van der Waals surface area contributed by atoms with E-state index in [4.69, 9.17) is 34.8 Å². The molecule has 0 amide bonds. The van der Waals surface area contributed by atoms with Crippen LogP contribution in [0.4, 0.5) is 0 Å². The predicted molar refractivity (Wildman–Crippen MR) is 81.3 cm³/mol. The van der Waals surface area contributed by atoms with E-state index in [2.05, 4.69) is 32.7 Å². The summed E-state index contributed by atoms with van der Waals surface area (Å²) in [6.45, 7) is 8.34. The van der Waals surface area contributed by atoms with Crippen LogP contribution >= 0.6 is 58.3 Å². The van der Waals surface area contributed by atoms with Crippen LogP contribution in [0, 0.1) is 0 Å². The summed E-state index contributed by atoms with van der Waals surface area (Å²) in [4.78, 5) is 5.06. The lowest BCUT2D eigenvalue weighted by atomic mass is 10.5. The Labute approximate surface area is 126 Å². The van der Waals surface area contributed by atoms with Gasteiger partial charge in [0.05, 0.1) is 14.9 Å². The number of hydrogen-bond donors (Lipinski definition) is 0. The highest BCUT2D eigenvalue weighted by Crippen LogP contribution is 2.44. The first-order chi connectivity index (χ1) is 7.82. The van der Waals surface area contributed by atoms with E-state index in [9.17, 15) is 0 Å². The Kier molecular flexibility index (Phi) is 6.27. The third kappa shape index (κ3) is 4.39. The number of nitrogens with zero attached hydrogens (tertiary/aromatic N) is 1. The number of hydrogen-bond acceptors (Lipinski definition) is 3. The van der Waals surface area contributed by atoms with Crippen LogP contribution in [0.2, 0.25) is 15.2 Å². The summed E-state index contributed by atoms with van der Waals surface area (Å²) in [5, 5.41) is 2.91. The molecule has 17 heavy (non-hydrogen) atoms. The first-order valence-electron chi connectivity index (χ1n) is 5.20. The van der Waals surface area contributed by atoms with Crippen LogP contribution in [-0.2, 0) is 0 Å². The van der Waals surface area contributed by atoms with E-state index in [1.165, 1.54) is 0 Å². The average Bonchev–Trinajstić information content (AvgIpc) is 2.20. The fraction of sp³-hybridized carbons (Fsp3) is 0.545. The van der Waals surface area contributed by atoms with Crippen molar-refractivity contribution in [3.63, 3.8) is 0 Å². The molecule has 1 rings (SSSR count). The minimum atomic E-state index is 0.322. The van der Waals surface area contributed by atoms with Crippen LogP contribution in [0.25, 0.3) is 0 Å². The highest BCUT2D eigenvalue weighted by Gasteiger charge is 2.18. The van der Waals surface area contributed by atoms with Crippen molar-refractivity contribution in [2.24, 2.45) is 0 Å². The van der Waals surface area contributed by atoms with Gasteiger partial charge < -0.3 is 0 Å². The van der Waals surface area contributed by atoms with Crippen LogP contribution in [0.15, 0.2) is 9.92 Å². The molecule has 0 radical (unpaired) electrons. The molecule has 0 fully saturated rings. The molecule has 96 valence electrons. The fourth-order valence-corrected chi connectivity index (χ4v) is 3.86. The second kappa shape index (κ2) is 6.76. The van der Waals surface area contributed by atoms with Gasteiger partial charge in [-0.25, -0.2) is 4.98 Å². The molecule has 0 aromatic carbocycles. The highest BCUT2D eigenvalue weighted by atomic mass is 35.5. The van der Waals surface area contributed by atoms with E-state index in [1.54, 1.807) is 23.5 Å². The van der Waals surface area contributed by atoms with Gasteiger partial charge in [-0.15, -0.1) is 23.5 Å². The molecule has 1 aromatic rings. The quantitative estimate of drug-likeness (QED) is 0.493. The Bertz CT molecular complexity index is 408. The minimum Gasteiger partial charge on any atom is -0.227 e. The molecule has 0 atom stereocenters. The van der Waals surface area contributed by atoms with E-state index in [0.29, 0.717) is 25.7 Å². The zero-order valence-corrected chi connectivity index (χ0v) is 14.0. The Balaban J connectivity index is 3.22. The normalized spacial score (nSPS) is 11.6. The van der Waals surface area contributed by atoms with Gasteiger partial charge in [-0.1, -0.05) is 62.5 Å². The van der Waals surface area contributed by atoms with Crippen LogP contribution in [0.3, 0.4) is 0 Å². The van der Waals surface area contributed by atoms with Crippen LogP contribution in [0.5, 0.6) is 0 Å². The Morgan fingerprint density at radius 3 is 1.88 bits per heavy atom. The van der Waals surface area contributed by atoms with Crippen molar-refractivity contribution >= 4 is 58.3 Å². The molecule has 0 aliphatic heterocycles. The van der Waals surface area contributed by atoms with E-state index in [1.807, 2.05) is 0 Å². The lowest BCUT2D eigenvalue weighted by molar-refractivity contribution is 1.05. The molecule has 0 aliphatic carbocycles. The molecule has 0 bridgehead atoms. The van der Waals surface area contributed by atoms with E-state index < -0.39 is 0 Å². The van der Waals surface area contributed by atoms with Gasteiger partial charge in [0.15, 0.2) is 0 Å². The molecule has 0 N–H and O–H groups in total. The zero-order valence-electron chi connectivity index (χ0n) is 10.1. The SMILES string of the molecule is CC(C)Sc1nc(Cl)c(Cl)c(SC(C)C)c1Cl. The summed E-state index contributed by atoms with van der Waals surface area (Å²) in [7, 11) is 0. The maximum Gasteiger partial charge on any atom is 0.150 e. The molecular formula is C11H14Cl3NS2. The second-order valence-electron chi connectivity index (χ2n) is 4.00. The number of thioether (sulfide) groups is 2. The van der Waals surface area contributed by atoms with Gasteiger partial charge in [0.2, 0.25) is 0 Å². The van der Waals surface area contributed by atoms with Crippen molar-refractivity contribution in [2.45, 2.75) is 48.1 Å². The highest BCUT2D eigenvalue weighted by molar-refractivity contribution is 8.00. The Morgan fingerprint density at radius 1 is 0.882 bits per heavy atom. The monoisotopic (exact) mass is 329 g/mol. The zero-order chi connectivity index (χ0) is 13.2. The number of aromatic nitrogens is 1. The van der Waals surface area contributed by atoms with Crippen LogP contribution < -0.4 is 0 Å². The summed E-state index contributed by atoms with van der Waals surface area (Å²) >= 11 is 21.7. The summed E-state index contributed by atoms with van der Waals surface area (Å²) in [6, 6.07) is 0. The third-order valence-electron chi connectivity index (χ3n) is 1.67. The topological polar surface area (TPSA) is 12.9 Å². The molecule has 0 saturated carbocycles. The molecule has 1 heterocycles. The fourth-order valence-electron chi connectivity index (χ4n) is 1.11. The third-order valence-corrected chi connectivity index (χ3v) is 5.22. The molecule has 0 saturated heterocycles. The molecule has 0 aliphatic rings. The van der Waals surface area contributed by atoms with Crippen molar-refractivity contribution in [2.75, 3.05) is 0 Å². The lowest BCUT2D eigenvalue weighted by Gasteiger charge is -2.14. The van der Waals surface area contributed by atoms with Crippen molar-refractivity contribution < 1.29 is 0 Å². The molecule has 0 unspecified atom stereocenters. The van der Waals surface area contributed by atoms with Gasteiger partial charge in [0.1, 0.15) is 10.2 Å². The number of pyridine rings is 1. The maximum atomic E-state index is 6.33. The second-order valence-corrected chi connectivity index (χ2v) is 8.26. The minimum absolute atomic E-state index is 0.322. The molecule has 1 aromatic heterocycles. The van der Waals surface area contributed by atoms with Crippen molar-refractivity contribution in [3.05, 3.63) is 15.2 Å². The van der Waals surface area contributed by atoms with Crippen LogP contribution in [0.1, 0.15) is 27.7 Å². The van der Waals surface area contributed by atoms with Gasteiger partial charge in [0, 0.05) is 10.5 Å². The van der Waals surface area contributed by atoms with Crippen molar-refractivity contribution in [3.8, 4) is 0 Å². The van der Waals surface area contributed by atoms with Gasteiger partial charge in [-0.2, -0.15) is 0 Å². The summed E-state index contributed by atoms with van der Waals surface area (Å²) in [5.41, 5.74) is 0. The van der Waals surface area contributed by atoms with Gasteiger partial charge in [-0.05, 0) is 0 Å². The molecule has 0 spiro atoms. The first kappa shape index (κ1) is 15.8. The summed E-state index contributed by atoms with van der Waals surface area (Å²) < 4.78 is 0. The smallest absolute Gasteiger partial charge is 0.150 e. The standard InChI is InChI=1S/C11H14Cl3NS2/c1-5(2)16-9-7(12)10(14)15-11(8(9)13)17-6(3)4/h5-6H,1-4H3. The van der Waals surface area contributed by atoms with E-state index in [0.717, 1.165) is 9.92 Å². The first-order valence-corrected chi connectivity index (χ1v) is 8.10. The lowest BCUT2D eigenvalue weighted by Crippen LogP contribution is -1.95. The van der Waals surface area contributed by atoms with E-state index in [-0.39, 0.29) is 0 Å². The van der Waals surface area contributed by atoms with Crippen molar-refractivity contribution in [1.82, 2.24) is 4.98 Å². The maximum absolute atomic E-state index is 6.33. The summed E-state index contributed by atoms with van der Waals surface area (Å²) in [6.07, 6.45) is 0. The Morgan fingerprint density at radius 2 is 1.41 bits per heavy atom. The van der Waals surface area contributed by atoms with Gasteiger partial charge in [0.25, 0.3) is 0 Å². The molecule has 1 nitrogen and oxygen atoms in total. The largest absolute Gasteiger partial charge is 0.227 e. The van der Waals surface area contributed by atoms with Crippen LogP contribution in [-0.4, -0.2) is 15.5 Å². The number of halogens is 3. The molecular weight excluding hydrogens is 317 g/mol. The summed E-state index contributed by atoms with van der Waals surface area (Å²) in [5.74, 6) is 0.